The Bertz CT molecular complexity index is 972. The van der Waals surface area contributed by atoms with Crippen LogP contribution < -0.4 is 0 Å². The number of hydrogen-bond acceptors (Lipinski definition) is 4. The Kier molecular flexibility index (Phi) is 6.62. The van der Waals surface area contributed by atoms with Gasteiger partial charge in [0.1, 0.15) is 19.0 Å². The first-order valence-corrected chi connectivity index (χ1v) is 9.75. The molecule has 0 saturated heterocycles. The summed E-state index contributed by atoms with van der Waals surface area (Å²) in [5.41, 5.74) is 4.84. The van der Waals surface area contributed by atoms with Crippen molar-refractivity contribution in [3.05, 3.63) is 70.5 Å². The van der Waals surface area contributed by atoms with Gasteiger partial charge in [0.2, 0.25) is 5.91 Å². The minimum atomic E-state index is -0.361. The molecule has 0 N–H and O–H groups in total. The number of likely N-dealkylation sites (N-methyl/N-ethyl adjacent to an activating group) is 1. The van der Waals surface area contributed by atoms with Crippen LogP contribution in [-0.2, 0) is 14.3 Å². The number of halogens is 1. The summed E-state index contributed by atoms with van der Waals surface area (Å²) in [6.07, 6.45) is 0.510. The summed E-state index contributed by atoms with van der Waals surface area (Å²) in [5, 5.41) is 6.02. The molecule has 0 unspecified atom stereocenters. The molecular formula is C23H26FN3O3. The molecule has 0 aliphatic carbocycles. The lowest BCUT2D eigenvalue weighted by Gasteiger charge is -2.24. The summed E-state index contributed by atoms with van der Waals surface area (Å²) in [6.45, 7) is 3.86. The summed E-state index contributed by atoms with van der Waals surface area (Å²) < 4.78 is 18.3. The van der Waals surface area contributed by atoms with E-state index in [4.69, 9.17) is 4.74 Å². The second-order valence-electron chi connectivity index (χ2n) is 7.54. The predicted molar refractivity (Wildman–Crippen MR) is 113 cm³/mol. The Morgan fingerprint density at radius 2 is 1.87 bits per heavy atom. The Morgan fingerprint density at radius 3 is 2.50 bits per heavy atom. The number of carbonyl (C=O) groups is 2. The summed E-state index contributed by atoms with van der Waals surface area (Å²) in [4.78, 5) is 26.3. The fourth-order valence-corrected chi connectivity index (χ4v) is 3.38. The maximum absolute atomic E-state index is 13.4. The number of ether oxygens (including phenoxy) is 1. The molecule has 2 aromatic carbocycles. The molecule has 158 valence electrons. The average Bonchev–Trinajstić information content (AvgIpc) is 3.16. The van der Waals surface area contributed by atoms with E-state index in [-0.39, 0.29) is 36.8 Å². The third-order valence-corrected chi connectivity index (χ3v) is 5.33. The number of nitrogens with zero attached hydrogens (tertiary/aromatic N) is 3. The van der Waals surface area contributed by atoms with Gasteiger partial charge in [-0.25, -0.2) is 9.40 Å². The van der Waals surface area contributed by atoms with Gasteiger partial charge in [-0.1, -0.05) is 24.3 Å². The van der Waals surface area contributed by atoms with Gasteiger partial charge in [0.25, 0.3) is 5.91 Å². The van der Waals surface area contributed by atoms with Gasteiger partial charge in [-0.15, -0.1) is 0 Å². The van der Waals surface area contributed by atoms with Gasteiger partial charge in [-0.3, -0.25) is 9.59 Å². The van der Waals surface area contributed by atoms with Crippen molar-refractivity contribution in [1.82, 2.24) is 9.91 Å². The molecule has 2 amide bonds. The molecule has 0 aromatic heterocycles. The molecule has 0 spiro atoms. The maximum atomic E-state index is 13.4. The van der Waals surface area contributed by atoms with Crippen molar-refractivity contribution in [1.29, 1.82) is 0 Å². The van der Waals surface area contributed by atoms with E-state index in [9.17, 15) is 14.0 Å². The van der Waals surface area contributed by atoms with Crippen molar-refractivity contribution in [3.63, 3.8) is 0 Å². The van der Waals surface area contributed by atoms with Gasteiger partial charge in [-0.05, 0) is 54.3 Å². The number of rotatable bonds is 6. The van der Waals surface area contributed by atoms with Crippen LogP contribution in [0.3, 0.4) is 0 Å². The Labute approximate surface area is 175 Å². The number of hydrazone groups is 1. The Balaban J connectivity index is 1.90. The second-order valence-corrected chi connectivity index (χ2v) is 7.54. The van der Waals surface area contributed by atoms with Gasteiger partial charge in [0.05, 0.1) is 11.8 Å². The van der Waals surface area contributed by atoms with E-state index in [1.165, 1.54) is 34.7 Å². The number of carbonyl (C=O) groups excluding carboxylic acids is 2. The van der Waals surface area contributed by atoms with E-state index in [1.54, 1.807) is 19.2 Å². The minimum absolute atomic E-state index is 0.0949. The topological polar surface area (TPSA) is 62.2 Å². The highest BCUT2D eigenvalue weighted by atomic mass is 19.1. The van der Waals surface area contributed by atoms with Crippen LogP contribution in [0.15, 0.2) is 47.6 Å². The number of amides is 2. The van der Waals surface area contributed by atoms with Crippen molar-refractivity contribution in [2.24, 2.45) is 5.10 Å². The van der Waals surface area contributed by atoms with Gasteiger partial charge < -0.3 is 9.64 Å². The van der Waals surface area contributed by atoms with E-state index in [1.807, 2.05) is 26.0 Å². The van der Waals surface area contributed by atoms with Gasteiger partial charge in [-0.2, -0.15) is 5.10 Å². The van der Waals surface area contributed by atoms with Crippen LogP contribution in [0.1, 0.15) is 34.7 Å². The summed E-state index contributed by atoms with van der Waals surface area (Å²) in [5.74, 6) is -0.938. The van der Waals surface area contributed by atoms with Crippen molar-refractivity contribution in [3.8, 4) is 0 Å². The Morgan fingerprint density at radius 1 is 1.17 bits per heavy atom. The maximum Gasteiger partial charge on any atom is 0.262 e. The summed E-state index contributed by atoms with van der Waals surface area (Å²) >= 11 is 0. The number of hydrogen-bond donors (Lipinski definition) is 0. The molecule has 2 aromatic rings. The molecule has 3 rings (SSSR count). The van der Waals surface area contributed by atoms with Gasteiger partial charge in [0, 0.05) is 20.6 Å². The SMILES string of the molecule is COCC(=O)N(C)CC(=O)N1N=C(c2ccc(C)c(C)c2)C[C@@H]1c1ccc(F)cc1. The fraction of sp³-hybridized carbons (Fsp3) is 0.348. The zero-order valence-corrected chi connectivity index (χ0v) is 17.7. The average molecular weight is 411 g/mol. The third kappa shape index (κ3) is 4.74. The second kappa shape index (κ2) is 9.17. The highest BCUT2D eigenvalue weighted by Crippen LogP contribution is 2.33. The smallest absolute Gasteiger partial charge is 0.262 e. The van der Waals surface area contributed by atoms with Crippen LogP contribution in [0.4, 0.5) is 4.39 Å². The zero-order chi connectivity index (χ0) is 21.8. The molecular weight excluding hydrogens is 385 g/mol. The zero-order valence-electron chi connectivity index (χ0n) is 17.7. The van der Waals surface area contributed by atoms with Crippen LogP contribution in [-0.4, -0.2) is 54.7 Å². The third-order valence-electron chi connectivity index (χ3n) is 5.33. The molecule has 0 radical (unpaired) electrons. The fourth-order valence-electron chi connectivity index (χ4n) is 3.38. The molecule has 30 heavy (non-hydrogen) atoms. The van der Waals surface area contributed by atoms with Crippen LogP contribution in [0.5, 0.6) is 0 Å². The largest absolute Gasteiger partial charge is 0.375 e. The number of methoxy groups -OCH3 is 1. The lowest BCUT2D eigenvalue weighted by atomic mass is 9.96. The van der Waals surface area contributed by atoms with Crippen molar-refractivity contribution in [2.75, 3.05) is 27.3 Å². The quantitative estimate of drug-likeness (QED) is 0.733. The first kappa shape index (κ1) is 21.6. The lowest BCUT2D eigenvalue weighted by molar-refractivity contribution is -0.142. The molecule has 0 saturated carbocycles. The summed E-state index contributed by atoms with van der Waals surface area (Å²) in [6, 6.07) is 11.8. The molecule has 7 heteroatoms. The monoisotopic (exact) mass is 411 g/mol. The van der Waals surface area contributed by atoms with E-state index in [0.29, 0.717) is 6.42 Å². The molecule has 0 bridgehead atoms. The summed E-state index contributed by atoms with van der Waals surface area (Å²) in [7, 11) is 2.98. The van der Waals surface area contributed by atoms with Crippen LogP contribution in [0.2, 0.25) is 0 Å². The molecule has 1 heterocycles. The highest BCUT2D eigenvalue weighted by Gasteiger charge is 2.34. The predicted octanol–water partition coefficient (Wildman–Crippen LogP) is 3.23. The van der Waals surface area contributed by atoms with E-state index in [2.05, 4.69) is 11.2 Å². The van der Waals surface area contributed by atoms with Crippen molar-refractivity contribution < 1.29 is 18.7 Å². The number of aryl methyl sites for hydroxylation is 2. The lowest BCUT2D eigenvalue weighted by Crippen LogP contribution is -2.40. The van der Waals surface area contributed by atoms with Crippen molar-refractivity contribution in [2.45, 2.75) is 26.3 Å². The minimum Gasteiger partial charge on any atom is -0.375 e. The molecule has 1 atom stereocenters. The van der Waals surface area contributed by atoms with E-state index in [0.717, 1.165) is 22.4 Å². The van der Waals surface area contributed by atoms with E-state index < -0.39 is 0 Å². The molecule has 6 nitrogen and oxygen atoms in total. The van der Waals surface area contributed by atoms with Gasteiger partial charge in [0.15, 0.2) is 0 Å². The molecule has 1 aliphatic heterocycles. The molecule has 0 fully saturated rings. The first-order chi connectivity index (χ1) is 14.3. The van der Waals surface area contributed by atoms with Crippen LogP contribution in [0, 0.1) is 19.7 Å². The van der Waals surface area contributed by atoms with Crippen LogP contribution in [0.25, 0.3) is 0 Å². The van der Waals surface area contributed by atoms with Gasteiger partial charge >= 0.3 is 0 Å². The van der Waals surface area contributed by atoms with Crippen LogP contribution >= 0.6 is 0 Å². The van der Waals surface area contributed by atoms with Crippen molar-refractivity contribution >= 4 is 17.5 Å². The standard InChI is InChI=1S/C23H26FN3O3/c1-15-5-6-18(11-16(15)2)20-12-21(17-7-9-19(24)10-8-17)27(25-20)22(28)13-26(3)23(29)14-30-4/h5-11,21H,12-14H2,1-4H3/t21-/m1/s1. The normalized spacial score (nSPS) is 15.8. The first-order valence-electron chi connectivity index (χ1n) is 9.75. The van der Waals surface area contributed by atoms with E-state index >= 15 is 0 Å². The Hall–Kier alpha value is -3.06. The number of benzene rings is 2. The highest BCUT2D eigenvalue weighted by molar-refractivity contribution is 6.03. The molecule has 1 aliphatic rings.